The number of fused-ring (bicyclic) bond motifs is 3. The second-order valence-electron chi connectivity index (χ2n) is 7.10. The van der Waals surface area contributed by atoms with Crippen LogP contribution in [0.25, 0.3) is 33.5 Å². The molecule has 0 unspecified atom stereocenters. The van der Waals surface area contributed by atoms with Gasteiger partial charge in [0.15, 0.2) is 17.2 Å². The molecule has 1 N–H and O–H groups in total. The van der Waals surface area contributed by atoms with Gasteiger partial charge in [-0.15, -0.1) is 0 Å². The van der Waals surface area contributed by atoms with E-state index < -0.39 is 0 Å². The molecular weight excluding hydrogens is 336 g/mol. The summed E-state index contributed by atoms with van der Waals surface area (Å²) < 4.78 is 6.21. The minimum absolute atomic E-state index is 0.759. The topological polar surface area (TPSA) is 46.6 Å². The van der Waals surface area contributed by atoms with Gasteiger partial charge in [-0.1, -0.05) is 42.5 Å². The minimum atomic E-state index is 0.759. The van der Waals surface area contributed by atoms with Crippen molar-refractivity contribution in [1.82, 2.24) is 9.97 Å². The van der Waals surface area contributed by atoms with Crippen LogP contribution in [0.5, 0.6) is 0 Å². The molecule has 5 rings (SSSR count). The van der Waals surface area contributed by atoms with Gasteiger partial charge in [-0.05, 0) is 19.1 Å². The lowest BCUT2D eigenvalue weighted by Crippen LogP contribution is -3.14. The van der Waals surface area contributed by atoms with Crippen molar-refractivity contribution in [2.24, 2.45) is 0 Å². The highest BCUT2D eigenvalue weighted by molar-refractivity contribution is 6.06. The van der Waals surface area contributed by atoms with Gasteiger partial charge in [0.05, 0.1) is 32.7 Å². The van der Waals surface area contributed by atoms with Crippen LogP contribution in [-0.4, -0.2) is 42.7 Å². The van der Waals surface area contributed by atoms with Crippen molar-refractivity contribution in [3.8, 4) is 11.4 Å². The molecule has 5 nitrogen and oxygen atoms in total. The lowest BCUT2D eigenvalue weighted by molar-refractivity contribution is -0.898. The summed E-state index contributed by atoms with van der Waals surface area (Å²) in [4.78, 5) is 13.8. The number of furan rings is 1. The molecule has 1 aliphatic rings. The van der Waals surface area contributed by atoms with Gasteiger partial charge < -0.3 is 14.2 Å². The van der Waals surface area contributed by atoms with Crippen LogP contribution >= 0.6 is 0 Å². The highest BCUT2D eigenvalue weighted by Crippen LogP contribution is 2.34. The number of rotatable bonds is 3. The van der Waals surface area contributed by atoms with Crippen molar-refractivity contribution >= 4 is 27.9 Å². The maximum absolute atomic E-state index is 6.21. The van der Waals surface area contributed by atoms with Crippen LogP contribution in [0.3, 0.4) is 0 Å². The Balaban J connectivity index is 1.70. The van der Waals surface area contributed by atoms with E-state index in [4.69, 9.17) is 14.4 Å². The molecule has 2 aromatic heterocycles. The summed E-state index contributed by atoms with van der Waals surface area (Å²) in [6.07, 6.45) is 0. The van der Waals surface area contributed by atoms with Gasteiger partial charge in [-0.25, -0.2) is 9.97 Å². The van der Waals surface area contributed by atoms with E-state index in [0.29, 0.717) is 0 Å². The van der Waals surface area contributed by atoms with Gasteiger partial charge in [0.1, 0.15) is 11.1 Å². The molecule has 0 aliphatic carbocycles. The number of para-hydroxylation sites is 1. The van der Waals surface area contributed by atoms with Crippen molar-refractivity contribution in [3.05, 3.63) is 54.6 Å². The Morgan fingerprint density at radius 2 is 1.70 bits per heavy atom. The maximum atomic E-state index is 6.21. The highest BCUT2D eigenvalue weighted by Gasteiger charge is 2.25. The first kappa shape index (κ1) is 16.3. The van der Waals surface area contributed by atoms with E-state index in [1.807, 2.05) is 36.4 Å². The third-order valence-electron chi connectivity index (χ3n) is 5.50. The summed E-state index contributed by atoms with van der Waals surface area (Å²) in [6.45, 7) is 7.65. The molecule has 0 spiro atoms. The second-order valence-corrected chi connectivity index (χ2v) is 7.10. The standard InChI is InChI=1S/C22H22N4O/c1-2-25-12-14-26(15-13-25)22-20-19(17-10-6-7-11-18(17)27-20)23-21(24-22)16-8-4-3-5-9-16/h3-11H,2,12-15H2,1H3/p+1. The number of anilines is 1. The molecule has 136 valence electrons. The normalized spacial score (nSPS) is 15.7. The van der Waals surface area contributed by atoms with E-state index in [-0.39, 0.29) is 0 Å². The second kappa shape index (κ2) is 6.67. The number of nitrogens with one attached hydrogen (secondary N) is 1. The Morgan fingerprint density at radius 1 is 0.963 bits per heavy atom. The molecule has 1 fully saturated rings. The number of nitrogens with zero attached hydrogens (tertiary/aromatic N) is 3. The third-order valence-corrected chi connectivity index (χ3v) is 5.50. The Labute approximate surface area is 158 Å². The van der Waals surface area contributed by atoms with E-state index in [1.165, 1.54) is 6.54 Å². The van der Waals surface area contributed by atoms with Gasteiger partial charge in [-0.2, -0.15) is 0 Å². The fourth-order valence-electron chi connectivity index (χ4n) is 3.90. The Morgan fingerprint density at radius 3 is 2.48 bits per heavy atom. The van der Waals surface area contributed by atoms with Crippen molar-refractivity contribution in [2.45, 2.75) is 6.92 Å². The molecule has 5 heteroatoms. The first-order valence-corrected chi connectivity index (χ1v) is 9.66. The molecule has 0 bridgehead atoms. The van der Waals surface area contributed by atoms with Crippen LogP contribution in [0.2, 0.25) is 0 Å². The zero-order valence-corrected chi connectivity index (χ0v) is 15.5. The SMILES string of the molecule is CC[NH+]1CCN(c2nc(-c3ccccc3)nc3c2oc2ccccc23)CC1. The van der Waals surface area contributed by atoms with E-state index in [1.54, 1.807) is 4.90 Å². The molecule has 2 aromatic carbocycles. The average molecular weight is 359 g/mol. The van der Waals surface area contributed by atoms with Crippen LogP contribution in [0.4, 0.5) is 5.82 Å². The molecular formula is C22H23N4O+. The lowest BCUT2D eigenvalue weighted by atomic mass is 10.2. The lowest BCUT2D eigenvalue weighted by Gasteiger charge is -2.32. The number of likely N-dealkylation sites (N-methyl/N-ethyl adjacent to an activating group) is 1. The van der Waals surface area contributed by atoms with E-state index in [9.17, 15) is 0 Å². The van der Waals surface area contributed by atoms with Crippen molar-refractivity contribution in [1.29, 1.82) is 0 Å². The van der Waals surface area contributed by atoms with Gasteiger partial charge in [-0.3, -0.25) is 0 Å². The summed E-state index contributed by atoms with van der Waals surface area (Å²) in [5.41, 5.74) is 3.60. The fraction of sp³-hybridized carbons (Fsp3) is 0.273. The zero-order valence-electron chi connectivity index (χ0n) is 15.5. The van der Waals surface area contributed by atoms with Crippen molar-refractivity contribution in [3.63, 3.8) is 0 Å². The monoisotopic (exact) mass is 359 g/mol. The summed E-state index contributed by atoms with van der Waals surface area (Å²) in [7, 11) is 0. The molecule has 3 heterocycles. The van der Waals surface area contributed by atoms with Crippen LogP contribution < -0.4 is 9.80 Å². The maximum Gasteiger partial charge on any atom is 0.196 e. The molecule has 0 atom stereocenters. The fourth-order valence-corrected chi connectivity index (χ4v) is 3.90. The molecule has 27 heavy (non-hydrogen) atoms. The van der Waals surface area contributed by atoms with Gasteiger partial charge >= 0.3 is 0 Å². The summed E-state index contributed by atoms with van der Waals surface area (Å²) >= 11 is 0. The number of hydrogen-bond donors (Lipinski definition) is 1. The molecule has 1 saturated heterocycles. The molecule has 0 amide bonds. The van der Waals surface area contributed by atoms with Crippen LogP contribution in [-0.2, 0) is 0 Å². The molecule has 1 aliphatic heterocycles. The number of piperazine rings is 1. The van der Waals surface area contributed by atoms with Crippen molar-refractivity contribution in [2.75, 3.05) is 37.6 Å². The summed E-state index contributed by atoms with van der Waals surface area (Å²) in [6, 6.07) is 18.3. The first-order valence-electron chi connectivity index (χ1n) is 9.66. The zero-order chi connectivity index (χ0) is 18.2. The Bertz CT molecular complexity index is 1080. The molecule has 4 aromatic rings. The Kier molecular flexibility index (Phi) is 4.02. The van der Waals surface area contributed by atoms with Crippen LogP contribution in [0.1, 0.15) is 6.92 Å². The number of quaternary nitrogens is 1. The predicted octanol–water partition coefficient (Wildman–Crippen LogP) is 2.77. The van der Waals surface area contributed by atoms with E-state index >= 15 is 0 Å². The quantitative estimate of drug-likeness (QED) is 0.611. The van der Waals surface area contributed by atoms with E-state index in [2.05, 4.69) is 30.0 Å². The number of hydrogen-bond acceptors (Lipinski definition) is 4. The van der Waals surface area contributed by atoms with Crippen molar-refractivity contribution < 1.29 is 9.32 Å². The summed E-state index contributed by atoms with van der Waals surface area (Å²) in [5.74, 6) is 1.68. The molecule has 0 radical (unpaired) electrons. The van der Waals surface area contributed by atoms with Gasteiger partial charge in [0.2, 0.25) is 0 Å². The van der Waals surface area contributed by atoms with Gasteiger partial charge in [0.25, 0.3) is 0 Å². The minimum Gasteiger partial charge on any atom is -0.450 e. The summed E-state index contributed by atoms with van der Waals surface area (Å²) in [5, 5.41) is 1.05. The average Bonchev–Trinajstić information content (AvgIpc) is 3.12. The number of benzene rings is 2. The van der Waals surface area contributed by atoms with Crippen LogP contribution in [0.15, 0.2) is 59.0 Å². The predicted molar refractivity (Wildman–Crippen MR) is 108 cm³/mol. The third kappa shape index (κ3) is 2.84. The first-order chi connectivity index (χ1) is 13.3. The highest BCUT2D eigenvalue weighted by atomic mass is 16.3. The van der Waals surface area contributed by atoms with Crippen LogP contribution in [0, 0.1) is 0 Å². The Hall–Kier alpha value is -2.92. The number of aromatic nitrogens is 2. The van der Waals surface area contributed by atoms with E-state index in [0.717, 1.165) is 65.5 Å². The smallest absolute Gasteiger partial charge is 0.196 e. The van der Waals surface area contributed by atoms with Gasteiger partial charge in [0, 0.05) is 10.9 Å². The largest absolute Gasteiger partial charge is 0.450 e. The molecule has 0 saturated carbocycles.